The van der Waals surface area contributed by atoms with E-state index in [1.807, 2.05) is 24.4 Å². The quantitative estimate of drug-likeness (QED) is 0.856. The summed E-state index contributed by atoms with van der Waals surface area (Å²) in [4.78, 5) is 16.1. The molecule has 5 nitrogen and oxygen atoms in total. The number of hydrogen-bond donors (Lipinski definition) is 1. The lowest BCUT2D eigenvalue weighted by Gasteiger charge is -2.19. The van der Waals surface area contributed by atoms with Crippen molar-refractivity contribution in [1.82, 2.24) is 15.0 Å². The average molecular weight is 279 g/mol. The fourth-order valence-electron chi connectivity index (χ4n) is 1.55. The molecule has 0 aliphatic rings. The predicted octanol–water partition coefficient (Wildman–Crippen LogP) is 1.51. The number of hydrogen-bond acceptors (Lipinski definition) is 6. The number of nitrogens with zero attached hydrogens (tertiary/aromatic N) is 4. The van der Waals surface area contributed by atoms with E-state index >= 15 is 0 Å². The molecule has 0 saturated heterocycles. The molecule has 94 valence electrons. The Morgan fingerprint density at radius 3 is 2.72 bits per heavy atom. The maximum absolute atomic E-state index is 5.65. The molecule has 0 aromatic carbocycles. The molecule has 0 bridgehead atoms. The maximum Gasteiger partial charge on any atom is 0.157 e. The smallest absolute Gasteiger partial charge is 0.157 e. The number of aromatic nitrogens is 3. The summed E-state index contributed by atoms with van der Waals surface area (Å²) in [5, 5.41) is 0. The molecule has 0 fully saturated rings. The van der Waals surface area contributed by atoms with Crippen LogP contribution in [-0.2, 0) is 6.54 Å². The van der Waals surface area contributed by atoms with Gasteiger partial charge in [0.1, 0.15) is 10.7 Å². The summed E-state index contributed by atoms with van der Waals surface area (Å²) < 4.78 is 0. The molecule has 0 spiro atoms. The van der Waals surface area contributed by atoms with Crippen molar-refractivity contribution in [2.45, 2.75) is 13.5 Å². The summed E-state index contributed by atoms with van der Waals surface area (Å²) in [6.07, 6.45) is 3.22. The molecule has 2 heterocycles. The van der Waals surface area contributed by atoms with Gasteiger partial charge < -0.3 is 10.6 Å². The van der Waals surface area contributed by atoms with E-state index in [9.17, 15) is 0 Å². The van der Waals surface area contributed by atoms with E-state index < -0.39 is 0 Å². The van der Waals surface area contributed by atoms with Gasteiger partial charge in [-0.3, -0.25) is 0 Å². The molecular weight excluding hydrogens is 266 g/mol. The summed E-state index contributed by atoms with van der Waals surface area (Å²) in [5.41, 5.74) is 9.07. The van der Waals surface area contributed by atoms with Crippen molar-refractivity contribution in [1.29, 1.82) is 0 Å². The van der Waals surface area contributed by atoms with Crippen molar-refractivity contribution in [3.63, 3.8) is 0 Å². The van der Waals surface area contributed by atoms with Gasteiger partial charge in [-0.1, -0.05) is 12.2 Å². The molecule has 0 saturated carbocycles. The molecule has 2 rings (SSSR count). The molecule has 7 heteroatoms. The highest BCUT2D eigenvalue weighted by molar-refractivity contribution is 7.80. The molecular formula is C11H13N5S2. The number of thiocarbonyl (C=S) groups is 1. The number of aryl methyl sites for hydroxylation is 1. The molecule has 2 N–H and O–H groups in total. The molecule has 2 aromatic rings. The molecule has 0 atom stereocenters. The van der Waals surface area contributed by atoms with Gasteiger partial charge in [0.25, 0.3) is 0 Å². The van der Waals surface area contributed by atoms with E-state index in [1.165, 1.54) is 4.88 Å². The molecule has 18 heavy (non-hydrogen) atoms. The standard InChI is InChI=1S/C11H13N5S2/c1-7-8(18-6-15-7)5-16(2)11-9(10(12)17)13-3-4-14-11/h3-4,6H,5H2,1-2H3,(H2,12,17). The lowest BCUT2D eigenvalue weighted by molar-refractivity contribution is 0.890. The van der Waals surface area contributed by atoms with Gasteiger partial charge in [-0.15, -0.1) is 11.3 Å². The van der Waals surface area contributed by atoms with Crippen LogP contribution < -0.4 is 10.6 Å². The summed E-state index contributed by atoms with van der Waals surface area (Å²) >= 11 is 6.60. The molecule has 0 radical (unpaired) electrons. The fraction of sp³-hybridized carbons (Fsp3) is 0.273. The second-order valence-electron chi connectivity index (χ2n) is 3.81. The Kier molecular flexibility index (Phi) is 3.83. The van der Waals surface area contributed by atoms with E-state index in [0.717, 1.165) is 5.69 Å². The van der Waals surface area contributed by atoms with Gasteiger partial charge in [-0.05, 0) is 6.92 Å². The minimum absolute atomic E-state index is 0.256. The minimum Gasteiger partial charge on any atom is -0.388 e. The Bertz CT molecular complexity index is 566. The first-order valence-corrected chi connectivity index (χ1v) is 6.59. The number of nitrogens with two attached hydrogens (primary N) is 1. The van der Waals surface area contributed by atoms with Crippen molar-refractivity contribution in [2.24, 2.45) is 5.73 Å². The van der Waals surface area contributed by atoms with Crippen LogP contribution in [0.15, 0.2) is 17.9 Å². The summed E-state index contributed by atoms with van der Waals surface area (Å²) in [6, 6.07) is 0. The maximum atomic E-state index is 5.65. The number of rotatable bonds is 4. The Balaban J connectivity index is 2.26. The van der Waals surface area contributed by atoms with Crippen LogP contribution in [0.4, 0.5) is 5.82 Å². The lowest BCUT2D eigenvalue weighted by Crippen LogP contribution is -2.23. The van der Waals surface area contributed by atoms with E-state index in [0.29, 0.717) is 18.1 Å². The van der Waals surface area contributed by atoms with Crippen LogP contribution in [0.5, 0.6) is 0 Å². The third kappa shape index (κ3) is 2.62. The zero-order chi connectivity index (χ0) is 13.1. The Labute approximate surface area is 115 Å². The monoisotopic (exact) mass is 279 g/mol. The predicted molar refractivity (Wildman–Crippen MR) is 76.9 cm³/mol. The summed E-state index contributed by atoms with van der Waals surface area (Å²) in [7, 11) is 1.94. The lowest BCUT2D eigenvalue weighted by atomic mass is 10.3. The highest BCUT2D eigenvalue weighted by Crippen LogP contribution is 2.19. The van der Waals surface area contributed by atoms with Crippen molar-refractivity contribution < 1.29 is 0 Å². The SMILES string of the molecule is Cc1ncsc1CN(C)c1nccnc1C(N)=S. The van der Waals surface area contributed by atoms with E-state index in [-0.39, 0.29) is 4.99 Å². The zero-order valence-corrected chi connectivity index (χ0v) is 11.8. The second kappa shape index (κ2) is 5.36. The Morgan fingerprint density at radius 1 is 1.39 bits per heavy atom. The van der Waals surface area contributed by atoms with Gasteiger partial charge in [-0.25, -0.2) is 15.0 Å². The zero-order valence-electron chi connectivity index (χ0n) is 10.1. The van der Waals surface area contributed by atoms with Gasteiger partial charge in [0.05, 0.1) is 17.7 Å². The van der Waals surface area contributed by atoms with Crippen LogP contribution in [0.2, 0.25) is 0 Å². The highest BCUT2D eigenvalue weighted by Gasteiger charge is 2.14. The largest absolute Gasteiger partial charge is 0.388 e. The van der Waals surface area contributed by atoms with Crippen LogP contribution >= 0.6 is 23.6 Å². The summed E-state index contributed by atoms with van der Waals surface area (Å²) in [6.45, 7) is 2.70. The van der Waals surface area contributed by atoms with Crippen molar-refractivity contribution >= 4 is 34.4 Å². The molecule has 2 aromatic heterocycles. The van der Waals surface area contributed by atoms with Crippen molar-refractivity contribution in [3.05, 3.63) is 34.2 Å². The molecule has 0 aliphatic carbocycles. The first kappa shape index (κ1) is 12.8. The van der Waals surface area contributed by atoms with Crippen LogP contribution in [-0.4, -0.2) is 27.0 Å². The number of anilines is 1. The first-order valence-electron chi connectivity index (χ1n) is 5.30. The Hall–Kier alpha value is -1.60. The first-order chi connectivity index (χ1) is 8.59. The van der Waals surface area contributed by atoms with E-state index in [2.05, 4.69) is 15.0 Å². The normalized spacial score (nSPS) is 10.3. The topological polar surface area (TPSA) is 67.9 Å². The molecule has 0 aliphatic heterocycles. The van der Waals surface area contributed by atoms with E-state index in [1.54, 1.807) is 23.7 Å². The third-order valence-electron chi connectivity index (χ3n) is 2.50. The van der Waals surface area contributed by atoms with Crippen LogP contribution in [0.25, 0.3) is 0 Å². The van der Waals surface area contributed by atoms with Gasteiger partial charge >= 0.3 is 0 Å². The van der Waals surface area contributed by atoms with Gasteiger partial charge in [0.15, 0.2) is 5.82 Å². The van der Waals surface area contributed by atoms with Crippen LogP contribution in [0, 0.1) is 6.92 Å². The average Bonchev–Trinajstić information content (AvgIpc) is 2.75. The molecule has 0 unspecified atom stereocenters. The second-order valence-corrected chi connectivity index (χ2v) is 5.19. The van der Waals surface area contributed by atoms with Crippen molar-refractivity contribution in [2.75, 3.05) is 11.9 Å². The highest BCUT2D eigenvalue weighted by atomic mass is 32.1. The van der Waals surface area contributed by atoms with Crippen LogP contribution in [0.3, 0.4) is 0 Å². The third-order valence-corrected chi connectivity index (χ3v) is 3.61. The molecule has 0 amide bonds. The minimum atomic E-state index is 0.256. The van der Waals surface area contributed by atoms with Gasteiger partial charge in [-0.2, -0.15) is 0 Å². The summed E-state index contributed by atoms with van der Waals surface area (Å²) in [5.74, 6) is 0.692. The van der Waals surface area contributed by atoms with Gasteiger partial charge in [0.2, 0.25) is 0 Å². The number of thiazole rings is 1. The van der Waals surface area contributed by atoms with E-state index in [4.69, 9.17) is 18.0 Å². The van der Waals surface area contributed by atoms with Crippen LogP contribution in [0.1, 0.15) is 16.3 Å². The fourth-order valence-corrected chi connectivity index (χ4v) is 2.53. The van der Waals surface area contributed by atoms with Crippen molar-refractivity contribution in [3.8, 4) is 0 Å². The Morgan fingerprint density at radius 2 is 2.11 bits per heavy atom. The van der Waals surface area contributed by atoms with Gasteiger partial charge in [0, 0.05) is 24.3 Å².